The highest BCUT2D eigenvalue weighted by molar-refractivity contribution is 8.05. The van der Waals surface area contributed by atoms with Gasteiger partial charge >= 0.3 is 0 Å². The van der Waals surface area contributed by atoms with Crippen molar-refractivity contribution in [2.24, 2.45) is 11.5 Å². The van der Waals surface area contributed by atoms with Gasteiger partial charge in [-0.15, -0.1) is 0 Å². The number of hydrogen-bond donors (Lipinski definition) is 2. The van der Waals surface area contributed by atoms with Crippen LogP contribution in [-0.4, -0.2) is 11.3 Å². The molecule has 1 aliphatic heterocycles. The maximum atomic E-state index is 13.8. The Morgan fingerprint density at radius 3 is 2.68 bits per heavy atom. The van der Waals surface area contributed by atoms with Crippen LogP contribution in [0.15, 0.2) is 28.8 Å². The van der Waals surface area contributed by atoms with Crippen LogP contribution in [0.2, 0.25) is 0 Å². The SMILES string of the molecule is CC1=C(C(N)=O)SC(C)N1c1ccc(CN)c(F)c1. The summed E-state index contributed by atoms with van der Waals surface area (Å²) in [5.41, 5.74) is 12.7. The minimum absolute atomic E-state index is 0.00521. The van der Waals surface area contributed by atoms with E-state index in [1.54, 1.807) is 12.1 Å². The van der Waals surface area contributed by atoms with E-state index in [-0.39, 0.29) is 17.7 Å². The summed E-state index contributed by atoms with van der Waals surface area (Å²) in [6.45, 7) is 3.92. The summed E-state index contributed by atoms with van der Waals surface area (Å²) in [7, 11) is 0. The third kappa shape index (κ3) is 2.46. The lowest BCUT2D eigenvalue weighted by Gasteiger charge is -2.25. The second-order valence-corrected chi connectivity index (χ2v) is 5.67. The fourth-order valence-electron chi connectivity index (χ4n) is 2.18. The van der Waals surface area contributed by atoms with Crippen LogP contribution in [0, 0.1) is 5.82 Å². The van der Waals surface area contributed by atoms with Crippen LogP contribution in [-0.2, 0) is 11.3 Å². The number of hydrogen-bond acceptors (Lipinski definition) is 4. The molecule has 1 atom stereocenters. The zero-order valence-electron chi connectivity index (χ0n) is 10.8. The molecule has 2 rings (SSSR count). The molecule has 0 saturated carbocycles. The van der Waals surface area contributed by atoms with E-state index >= 15 is 0 Å². The molecule has 0 saturated heterocycles. The largest absolute Gasteiger partial charge is 0.365 e. The lowest BCUT2D eigenvalue weighted by molar-refractivity contribution is -0.113. The first-order chi connectivity index (χ1) is 8.95. The normalized spacial score (nSPS) is 19.2. The van der Waals surface area contributed by atoms with Crippen molar-refractivity contribution < 1.29 is 9.18 Å². The highest BCUT2D eigenvalue weighted by Gasteiger charge is 2.31. The third-order valence-corrected chi connectivity index (χ3v) is 4.38. The molecule has 6 heteroatoms. The molecule has 4 nitrogen and oxygen atoms in total. The molecule has 0 radical (unpaired) electrons. The summed E-state index contributed by atoms with van der Waals surface area (Å²) in [5, 5.41) is 0.00521. The van der Waals surface area contributed by atoms with Gasteiger partial charge in [0.1, 0.15) is 5.82 Å². The number of thioether (sulfide) groups is 1. The summed E-state index contributed by atoms with van der Waals surface area (Å²) in [6, 6.07) is 4.90. The Kier molecular flexibility index (Phi) is 3.82. The number of nitrogens with zero attached hydrogens (tertiary/aromatic N) is 1. The van der Waals surface area contributed by atoms with Crippen molar-refractivity contribution in [1.29, 1.82) is 0 Å². The number of carbonyl (C=O) groups excluding carboxylic acids is 1. The van der Waals surface area contributed by atoms with Gasteiger partial charge in [-0.1, -0.05) is 17.8 Å². The van der Waals surface area contributed by atoms with Crippen LogP contribution in [0.4, 0.5) is 10.1 Å². The molecular formula is C13H16FN3OS. The average Bonchev–Trinajstić information content (AvgIpc) is 2.65. The molecule has 102 valence electrons. The van der Waals surface area contributed by atoms with Crippen molar-refractivity contribution in [3.8, 4) is 0 Å². The first-order valence-corrected chi connectivity index (χ1v) is 6.78. The quantitative estimate of drug-likeness (QED) is 0.887. The van der Waals surface area contributed by atoms with E-state index in [1.807, 2.05) is 18.7 Å². The van der Waals surface area contributed by atoms with Crippen LogP contribution >= 0.6 is 11.8 Å². The number of carbonyl (C=O) groups is 1. The number of anilines is 1. The topological polar surface area (TPSA) is 72.4 Å². The van der Waals surface area contributed by atoms with Gasteiger partial charge in [-0.2, -0.15) is 0 Å². The minimum atomic E-state index is -0.448. The molecule has 19 heavy (non-hydrogen) atoms. The molecule has 1 unspecified atom stereocenters. The first kappa shape index (κ1) is 13.9. The number of rotatable bonds is 3. The number of allylic oxidation sites excluding steroid dienone is 1. The van der Waals surface area contributed by atoms with Gasteiger partial charge in [-0.05, 0) is 26.0 Å². The second-order valence-electron chi connectivity index (χ2n) is 4.35. The van der Waals surface area contributed by atoms with E-state index in [1.165, 1.54) is 17.8 Å². The molecule has 1 heterocycles. The zero-order chi connectivity index (χ0) is 14.2. The number of amides is 1. The van der Waals surface area contributed by atoms with Gasteiger partial charge in [0.25, 0.3) is 5.91 Å². The van der Waals surface area contributed by atoms with E-state index < -0.39 is 5.91 Å². The molecule has 0 bridgehead atoms. The molecule has 1 aromatic rings. The third-order valence-electron chi connectivity index (χ3n) is 3.10. The lowest BCUT2D eigenvalue weighted by atomic mass is 10.1. The van der Waals surface area contributed by atoms with E-state index in [2.05, 4.69) is 0 Å². The van der Waals surface area contributed by atoms with Gasteiger partial charge in [0.05, 0.1) is 10.3 Å². The Morgan fingerprint density at radius 2 is 2.21 bits per heavy atom. The molecule has 0 aromatic heterocycles. The van der Waals surface area contributed by atoms with E-state index in [0.717, 1.165) is 5.70 Å². The van der Waals surface area contributed by atoms with Crippen molar-refractivity contribution >= 4 is 23.4 Å². The maximum Gasteiger partial charge on any atom is 0.256 e. The van der Waals surface area contributed by atoms with Crippen LogP contribution in [0.5, 0.6) is 0 Å². The summed E-state index contributed by atoms with van der Waals surface area (Å²) in [4.78, 5) is 13.7. The Labute approximate surface area is 115 Å². The highest BCUT2D eigenvalue weighted by Crippen LogP contribution is 2.40. The molecule has 1 aliphatic rings. The number of benzene rings is 1. The minimum Gasteiger partial charge on any atom is -0.365 e. The predicted octanol–water partition coefficient (Wildman–Crippen LogP) is 1.90. The molecular weight excluding hydrogens is 265 g/mol. The zero-order valence-corrected chi connectivity index (χ0v) is 11.6. The molecule has 4 N–H and O–H groups in total. The second kappa shape index (κ2) is 5.22. The van der Waals surface area contributed by atoms with Crippen molar-refractivity contribution in [2.45, 2.75) is 25.8 Å². The fraction of sp³-hybridized carbons (Fsp3) is 0.308. The van der Waals surface area contributed by atoms with E-state index in [0.29, 0.717) is 16.2 Å². The highest BCUT2D eigenvalue weighted by atomic mass is 32.2. The van der Waals surface area contributed by atoms with Crippen molar-refractivity contribution in [3.05, 3.63) is 40.2 Å². The maximum absolute atomic E-state index is 13.8. The van der Waals surface area contributed by atoms with Gasteiger partial charge in [-0.25, -0.2) is 4.39 Å². The molecule has 0 fully saturated rings. The molecule has 1 amide bonds. The molecule has 1 aromatic carbocycles. The van der Waals surface area contributed by atoms with E-state index in [4.69, 9.17) is 11.5 Å². The van der Waals surface area contributed by atoms with Crippen LogP contribution in [0.3, 0.4) is 0 Å². The van der Waals surface area contributed by atoms with Crippen molar-refractivity contribution in [1.82, 2.24) is 0 Å². The van der Waals surface area contributed by atoms with Crippen molar-refractivity contribution in [2.75, 3.05) is 4.90 Å². The Balaban J connectivity index is 2.41. The summed E-state index contributed by atoms with van der Waals surface area (Å²) < 4.78 is 13.8. The van der Waals surface area contributed by atoms with Gasteiger partial charge in [0.2, 0.25) is 0 Å². The standard InChI is InChI=1S/C13H16FN3OS/c1-7-12(13(16)18)19-8(2)17(7)10-4-3-9(6-15)11(14)5-10/h3-5,8H,6,15H2,1-2H3,(H2,16,18). The Hall–Kier alpha value is -1.53. The smallest absolute Gasteiger partial charge is 0.256 e. The number of halogens is 1. The average molecular weight is 281 g/mol. The van der Waals surface area contributed by atoms with Gasteiger partial charge < -0.3 is 16.4 Å². The van der Waals surface area contributed by atoms with Gasteiger partial charge in [0, 0.05) is 23.5 Å². The van der Waals surface area contributed by atoms with Crippen LogP contribution < -0.4 is 16.4 Å². The monoisotopic (exact) mass is 281 g/mol. The lowest BCUT2D eigenvalue weighted by Crippen LogP contribution is -2.24. The van der Waals surface area contributed by atoms with Gasteiger partial charge in [-0.3, -0.25) is 4.79 Å². The molecule has 0 aliphatic carbocycles. The van der Waals surface area contributed by atoms with Crippen LogP contribution in [0.25, 0.3) is 0 Å². The number of primary amides is 1. The summed E-state index contributed by atoms with van der Waals surface area (Å²) in [6.07, 6.45) is 0. The summed E-state index contributed by atoms with van der Waals surface area (Å²) >= 11 is 1.38. The fourth-order valence-corrected chi connectivity index (χ4v) is 3.29. The summed E-state index contributed by atoms with van der Waals surface area (Å²) in [5.74, 6) is -0.784. The van der Waals surface area contributed by atoms with Crippen LogP contribution in [0.1, 0.15) is 19.4 Å². The Morgan fingerprint density at radius 1 is 1.53 bits per heavy atom. The Bertz CT molecular complexity index is 559. The molecule has 0 spiro atoms. The number of nitrogens with two attached hydrogens (primary N) is 2. The van der Waals surface area contributed by atoms with E-state index in [9.17, 15) is 9.18 Å². The van der Waals surface area contributed by atoms with Gasteiger partial charge in [0.15, 0.2) is 0 Å². The van der Waals surface area contributed by atoms with Crippen molar-refractivity contribution in [3.63, 3.8) is 0 Å². The first-order valence-electron chi connectivity index (χ1n) is 5.90. The predicted molar refractivity (Wildman–Crippen MR) is 75.7 cm³/mol.